The monoisotopic (exact) mass is 195 g/mol. The molecule has 0 unspecified atom stereocenters. The van der Waals surface area contributed by atoms with Gasteiger partial charge in [0.25, 0.3) is 0 Å². The maximum atomic E-state index is 4.17. The molecule has 0 amide bonds. The summed E-state index contributed by atoms with van der Waals surface area (Å²) in [5.74, 6) is 0. The highest BCUT2D eigenvalue weighted by Crippen LogP contribution is 2.16. The summed E-state index contributed by atoms with van der Waals surface area (Å²) in [5.41, 5.74) is 2.59. The summed E-state index contributed by atoms with van der Waals surface area (Å²) >= 11 is 0. The highest BCUT2D eigenvalue weighted by molar-refractivity contribution is 5.10. The fraction of sp³-hybridized carbons (Fsp3) is 0.818. The van der Waals surface area contributed by atoms with Crippen molar-refractivity contribution in [3.63, 3.8) is 0 Å². The first-order chi connectivity index (χ1) is 6.88. The van der Waals surface area contributed by atoms with Gasteiger partial charge in [0, 0.05) is 7.05 Å². The van der Waals surface area contributed by atoms with Crippen molar-refractivity contribution in [1.82, 2.24) is 15.0 Å². The second-order valence-electron chi connectivity index (χ2n) is 3.52. The highest BCUT2D eigenvalue weighted by Gasteiger charge is 2.11. The predicted molar refractivity (Wildman–Crippen MR) is 58.2 cm³/mol. The Morgan fingerprint density at radius 2 is 1.64 bits per heavy atom. The van der Waals surface area contributed by atoms with Gasteiger partial charge in [0.05, 0.1) is 11.4 Å². The molecule has 3 heteroatoms. The molecule has 2 rings (SSSR count). The number of hydrogen-bond donors (Lipinski definition) is 0. The maximum Gasteiger partial charge on any atom is 0.0859 e. The van der Waals surface area contributed by atoms with Gasteiger partial charge in [-0.3, -0.25) is 4.68 Å². The molecule has 0 aliphatic heterocycles. The van der Waals surface area contributed by atoms with Crippen LogP contribution in [0.25, 0.3) is 0 Å². The van der Waals surface area contributed by atoms with Crippen molar-refractivity contribution in [2.45, 2.75) is 52.4 Å². The van der Waals surface area contributed by atoms with Gasteiger partial charge in [0.1, 0.15) is 0 Å². The molecule has 0 aromatic carbocycles. The summed E-state index contributed by atoms with van der Waals surface area (Å²) in [6.45, 7) is 4.00. The lowest BCUT2D eigenvalue weighted by Gasteiger charge is -2.08. The molecule has 1 aliphatic rings. The minimum atomic E-state index is 1.13. The van der Waals surface area contributed by atoms with E-state index in [4.69, 9.17) is 0 Å². The first-order valence-electron chi connectivity index (χ1n) is 5.75. The molecule has 0 fully saturated rings. The van der Waals surface area contributed by atoms with Gasteiger partial charge in [-0.2, -0.15) is 0 Å². The van der Waals surface area contributed by atoms with Crippen molar-refractivity contribution >= 4 is 0 Å². The van der Waals surface area contributed by atoms with Gasteiger partial charge in [0.15, 0.2) is 0 Å². The van der Waals surface area contributed by atoms with E-state index in [1.54, 1.807) is 0 Å². The third-order valence-electron chi connectivity index (χ3n) is 2.60. The average molecular weight is 195 g/mol. The van der Waals surface area contributed by atoms with Crippen molar-refractivity contribution in [2.24, 2.45) is 7.05 Å². The Bertz CT molecular complexity index is 265. The molecule has 0 bridgehead atoms. The molecule has 0 N–H and O–H groups in total. The van der Waals surface area contributed by atoms with E-state index >= 15 is 0 Å². The topological polar surface area (TPSA) is 30.7 Å². The van der Waals surface area contributed by atoms with Crippen molar-refractivity contribution < 1.29 is 0 Å². The number of aromatic nitrogens is 3. The van der Waals surface area contributed by atoms with Crippen LogP contribution in [0.2, 0.25) is 0 Å². The van der Waals surface area contributed by atoms with Crippen molar-refractivity contribution in [3.8, 4) is 0 Å². The SMILES string of the molecule is CC.Cn1nnc2c1CCCCCC2. The van der Waals surface area contributed by atoms with Crippen molar-refractivity contribution in [1.29, 1.82) is 0 Å². The zero-order chi connectivity index (χ0) is 10.4. The van der Waals surface area contributed by atoms with Gasteiger partial charge >= 0.3 is 0 Å². The lowest BCUT2D eigenvalue weighted by molar-refractivity contribution is 0.591. The average Bonchev–Trinajstić information content (AvgIpc) is 2.50. The minimum absolute atomic E-state index is 1.13. The molecule has 0 radical (unpaired) electrons. The summed E-state index contributed by atoms with van der Waals surface area (Å²) in [5, 5.41) is 8.22. The first-order valence-corrected chi connectivity index (χ1v) is 5.75. The van der Waals surface area contributed by atoms with Gasteiger partial charge in [-0.05, 0) is 25.7 Å². The third kappa shape index (κ3) is 2.56. The van der Waals surface area contributed by atoms with Gasteiger partial charge in [-0.15, -0.1) is 5.10 Å². The fourth-order valence-corrected chi connectivity index (χ4v) is 1.86. The molecular formula is C11H21N3. The zero-order valence-electron chi connectivity index (χ0n) is 9.58. The summed E-state index contributed by atoms with van der Waals surface area (Å²) in [7, 11) is 1.99. The van der Waals surface area contributed by atoms with Crippen LogP contribution in [0.1, 0.15) is 50.9 Å². The molecule has 0 spiro atoms. The molecule has 80 valence electrons. The van der Waals surface area contributed by atoms with Crippen molar-refractivity contribution in [3.05, 3.63) is 11.4 Å². The van der Waals surface area contributed by atoms with Gasteiger partial charge < -0.3 is 0 Å². The molecule has 3 nitrogen and oxygen atoms in total. The quantitative estimate of drug-likeness (QED) is 0.637. The van der Waals surface area contributed by atoms with E-state index in [2.05, 4.69) is 10.3 Å². The summed E-state index contributed by atoms with van der Waals surface area (Å²) in [6, 6.07) is 0. The Labute approximate surface area is 86.5 Å². The Hall–Kier alpha value is -0.860. The lowest BCUT2D eigenvalue weighted by Crippen LogP contribution is -2.03. The highest BCUT2D eigenvalue weighted by atomic mass is 15.4. The number of fused-ring (bicyclic) bond motifs is 1. The Morgan fingerprint density at radius 1 is 1.00 bits per heavy atom. The Morgan fingerprint density at radius 3 is 2.36 bits per heavy atom. The van der Waals surface area contributed by atoms with Crippen LogP contribution in [0.5, 0.6) is 0 Å². The largest absolute Gasteiger partial charge is 0.252 e. The molecule has 1 aliphatic carbocycles. The molecule has 14 heavy (non-hydrogen) atoms. The van der Waals surface area contributed by atoms with Gasteiger partial charge in [-0.25, -0.2) is 0 Å². The van der Waals surface area contributed by atoms with E-state index in [0.717, 1.165) is 6.42 Å². The second kappa shape index (κ2) is 5.78. The van der Waals surface area contributed by atoms with Crippen LogP contribution in [0.4, 0.5) is 0 Å². The van der Waals surface area contributed by atoms with E-state index in [1.165, 1.54) is 43.5 Å². The smallest absolute Gasteiger partial charge is 0.0859 e. The van der Waals surface area contributed by atoms with Gasteiger partial charge in [-0.1, -0.05) is 31.9 Å². The molecule has 0 saturated heterocycles. The number of hydrogen-bond acceptors (Lipinski definition) is 2. The summed E-state index contributed by atoms with van der Waals surface area (Å²) in [4.78, 5) is 0. The predicted octanol–water partition coefficient (Wildman–Crippen LogP) is 2.50. The summed E-state index contributed by atoms with van der Waals surface area (Å²) < 4.78 is 1.93. The van der Waals surface area contributed by atoms with Crippen LogP contribution in [0.3, 0.4) is 0 Å². The molecule has 0 atom stereocenters. The summed E-state index contributed by atoms with van der Waals surface area (Å²) in [6.07, 6.45) is 7.60. The van der Waals surface area contributed by atoms with Crippen LogP contribution in [-0.4, -0.2) is 15.0 Å². The second-order valence-corrected chi connectivity index (χ2v) is 3.52. The van der Waals surface area contributed by atoms with Crippen LogP contribution >= 0.6 is 0 Å². The maximum absolute atomic E-state index is 4.17. The normalized spacial score (nSPS) is 15.9. The number of nitrogens with zero attached hydrogens (tertiary/aromatic N) is 3. The molecular weight excluding hydrogens is 174 g/mol. The number of aryl methyl sites for hydroxylation is 2. The van der Waals surface area contributed by atoms with E-state index in [0.29, 0.717) is 0 Å². The fourth-order valence-electron chi connectivity index (χ4n) is 1.86. The Kier molecular flexibility index (Phi) is 4.63. The van der Waals surface area contributed by atoms with Crippen LogP contribution in [0.15, 0.2) is 0 Å². The van der Waals surface area contributed by atoms with E-state index in [1.807, 2.05) is 25.6 Å². The Balaban J connectivity index is 0.000000461. The van der Waals surface area contributed by atoms with E-state index in [9.17, 15) is 0 Å². The molecule has 0 saturated carbocycles. The standard InChI is InChI=1S/C9H15N3.C2H6/c1-12-9-7-5-3-2-4-6-8(9)10-11-12;1-2/h2-7H2,1H3;1-2H3. The van der Waals surface area contributed by atoms with Crippen LogP contribution < -0.4 is 0 Å². The number of rotatable bonds is 0. The first kappa shape index (κ1) is 11.2. The zero-order valence-corrected chi connectivity index (χ0v) is 9.58. The van der Waals surface area contributed by atoms with E-state index in [-0.39, 0.29) is 0 Å². The van der Waals surface area contributed by atoms with Crippen LogP contribution in [-0.2, 0) is 19.9 Å². The van der Waals surface area contributed by atoms with Crippen molar-refractivity contribution in [2.75, 3.05) is 0 Å². The molecule has 1 heterocycles. The third-order valence-corrected chi connectivity index (χ3v) is 2.60. The van der Waals surface area contributed by atoms with Gasteiger partial charge in [0.2, 0.25) is 0 Å². The van der Waals surface area contributed by atoms with Crippen LogP contribution in [0, 0.1) is 0 Å². The molecule has 1 aromatic heterocycles. The lowest BCUT2D eigenvalue weighted by atomic mass is 10.0. The minimum Gasteiger partial charge on any atom is -0.252 e. The molecule has 1 aromatic rings. The van der Waals surface area contributed by atoms with E-state index < -0.39 is 0 Å².